The maximum atomic E-state index is 12.1. The number of carbonyl (C=O) groups excluding carboxylic acids is 1. The molecule has 0 unspecified atom stereocenters. The third-order valence-corrected chi connectivity index (χ3v) is 4.56. The summed E-state index contributed by atoms with van der Waals surface area (Å²) in [7, 11) is 0. The first kappa shape index (κ1) is 18.3. The molecule has 0 aliphatic rings. The maximum Gasteiger partial charge on any atom is 0.338 e. The van der Waals surface area contributed by atoms with E-state index in [-0.39, 0.29) is 12.6 Å². The molecule has 0 atom stereocenters. The van der Waals surface area contributed by atoms with Crippen molar-refractivity contribution in [3.8, 4) is 11.4 Å². The van der Waals surface area contributed by atoms with Crippen LogP contribution in [-0.4, -0.2) is 23.8 Å². The van der Waals surface area contributed by atoms with E-state index in [1.165, 1.54) is 0 Å². The van der Waals surface area contributed by atoms with Crippen molar-refractivity contribution in [3.05, 3.63) is 82.1 Å². The molecule has 26 heavy (non-hydrogen) atoms. The summed E-state index contributed by atoms with van der Waals surface area (Å²) in [5.74, 6) is 0.392. The van der Waals surface area contributed by atoms with Gasteiger partial charge in [-0.25, -0.2) is 4.79 Å². The van der Waals surface area contributed by atoms with Crippen LogP contribution in [-0.2, 0) is 4.74 Å². The number of nitrogens with zero attached hydrogens (tertiary/aromatic N) is 1. The number of halogens is 1. The fraction of sp³-hybridized carbons (Fsp3) is 0.190. The molecule has 134 valence electrons. The summed E-state index contributed by atoms with van der Waals surface area (Å²) in [6.45, 7) is 4.63. The number of hydrogen-bond acceptors (Lipinski definition) is 3. The minimum Gasteiger partial charge on any atom is -0.490 e. The SMILES string of the molecule is Cc1ccc(C)n1-c1ccc(C(=O)OCCOc2ccc(Br)cc2)cc1. The molecule has 0 saturated carbocycles. The van der Waals surface area contributed by atoms with E-state index in [0.29, 0.717) is 12.2 Å². The van der Waals surface area contributed by atoms with Gasteiger partial charge in [0.25, 0.3) is 0 Å². The van der Waals surface area contributed by atoms with E-state index >= 15 is 0 Å². The highest BCUT2D eigenvalue weighted by molar-refractivity contribution is 9.10. The highest BCUT2D eigenvalue weighted by Crippen LogP contribution is 2.18. The van der Waals surface area contributed by atoms with Gasteiger partial charge in [-0.1, -0.05) is 15.9 Å². The summed E-state index contributed by atoms with van der Waals surface area (Å²) >= 11 is 3.37. The summed E-state index contributed by atoms with van der Waals surface area (Å²) in [6, 6.07) is 19.1. The molecule has 5 heteroatoms. The number of hydrogen-bond donors (Lipinski definition) is 0. The number of esters is 1. The lowest BCUT2D eigenvalue weighted by atomic mass is 10.2. The first-order valence-electron chi connectivity index (χ1n) is 8.35. The average Bonchev–Trinajstić information content (AvgIpc) is 2.98. The Morgan fingerprint density at radius 3 is 2.12 bits per heavy atom. The van der Waals surface area contributed by atoms with Gasteiger partial charge in [-0.05, 0) is 74.5 Å². The second-order valence-electron chi connectivity index (χ2n) is 5.94. The van der Waals surface area contributed by atoms with Gasteiger partial charge in [0.05, 0.1) is 5.56 Å². The lowest BCUT2D eigenvalue weighted by molar-refractivity contribution is 0.0450. The molecule has 1 heterocycles. The van der Waals surface area contributed by atoms with Gasteiger partial charge in [-0.3, -0.25) is 0 Å². The lowest BCUT2D eigenvalue weighted by Gasteiger charge is -2.10. The molecule has 0 bridgehead atoms. The molecule has 1 aromatic heterocycles. The standard InChI is InChI=1S/C21H20BrNO3/c1-15-3-4-16(2)23(15)19-9-5-17(6-10-19)21(24)26-14-13-25-20-11-7-18(22)8-12-20/h3-12H,13-14H2,1-2H3. The zero-order chi connectivity index (χ0) is 18.5. The van der Waals surface area contributed by atoms with E-state index < -0.39 is 0 Å². The van der Waals surface area contributed by atoms with Gasteiger partial charge < -0.3 is 14.0 Å². The second-order valence-corrected chi connectivity index (χ2v) is 6.85. The molecule has 4 nitrogen and oxygen atoms in total. The van der Waals surface area contributed by atoms with Crippen LogP contribution in [0.5, 0.6) is 5.75 Å². The van der Waals surface area contributed by atoms with Crippen molar-refractivity contribution < 1.29 is 14.3 Å². The van der Waals surface area contributed by atoms with Crippen molar-refractivity contribution in [2.24, 2.45) is 0 Å². The Bertz CT molecular complexity index is 863. The number of aryl methyl sites for hydroxylation is 2. The van der Waals surface area contributed by atoms with E-state index in [1.54, 1.807) is 12.1 Å². The molecule has 3 aromatic rings. The van der Waals surface area contributed by atoms with E-state index in [0.717, 1.165) is 27.3 Å². The largest absolute Gasteiger partial charge is 0.490 e. The summed E-state index contributed by atoms with van der Waals surface area (Å²) in [5.41, 5.74) is 3.87. The van der Waals surface area contributed by atoms with Crippen LogP contribution in [0.2, 0.25) is 0 Å². The van der Waals surface area contributed by atoms with Crippen LogP contribution in [0, 0.1) is 13.8 Å². The lowest BCUT2D eigenvalue weighted by Crippen LogP contribution is -2.12. The molecule has 3 rings (SSSR count). The van der Waals surface area contributed by atoms with Gasteiger partial charge in [-0.15, -0.1) is 0 Å². The van der Waals surface area contributed by atoms with Crippen LogP contribution in [0.4, 0.5) is 0 Å². The normalized spacial score (nSPS) is 10.6. The summed E-state index contributed by atoms with van der Waals surface area (Å²) < 4.78 is 13.9. The Morgan fingerprint density at radius 1 is 0.885 bits per heavy atom. The molecule has 0 aliphatic carbocycles. The number of ether oxygens (including phenoxy) is 2. The molecule has 0 radical (unpaired) electrons. The van der Waals surface area contributed by atoms with Crippen molar-refractivity contribution in [1.82, 2.24) is 4.57 Å². The monoisotopic (exact) mass is 413 g/mol. The Morgan fingerprint density at radius 2 is 1.50 bits per heavy atom. The van der Waals surface area contributed by atoms with Crippen LogP contribution >= 0.6 is 15.9 Å². The molecule has 0 N–H and O–H groups in total. The van der Waals surface area contributed by atoms with Gasteiger partial charge in [0.15, 0.2) is 0 Å². The van der Waals surface area contributed by atoms with Gasteiger partial charge in [0, 0.05) is 21.5 Å². The number of rotatable bonds is 6. The first-order valence-corrected chi connectivity index (χ1v) is 9.15. The van der Waals surface area contributed by atoms with E-state index in [1.807, 2.05) is 36.4 Å². The van der Waals surface area contributed by atoms with Crippen LogP contribution in [0.1, 0.15) is 21.7 Å². The molecule has 0 aliphatic heterocycles. The number of benzene rings is 2. The van der Waals surface area contributed by atoms with Gasteiger partial charge >= 0.3 is 5.97 Å². The molecule has 2 aromatic carbocycles. The number of carbonyl (C=O) groups is 1. The van der Waals surface area contributed by atoms with E-state index in [2.05, 4.69) is 46.5 Å². The molecule has 0 amide bonds. The van der Waals surface area contributed by atoms with Crippen LogP contribution in [0.25, 0.3) is 5.69 Å². The van der Waals surface area contributed by atoms with Crippen LogP contribution in [0.3, 0.4) is 0 Å². The zero-order valence-electron chi connectivity index (χ0n) is 14.7. The van der Waals surface area contributed by atoms with Gasteiger partial charge in [0.1, 0.15) is 19.0 Å². The fourth-order valence-electron chi connectivity index (χ4n) is 2.73. The zero-order valence-corrected chi connectivity index (χ0v) is 16.3. The van der Waals surface area contributed by atoms with E-state index in [9.17, 15) is 4.79 Å². The van der Waals surface area contributed by atoms with Crippen molar-refractivity contribution in [3.63, 3.8) is 0 Å². The highest BCUT2D eigenvalue weighted by Gasteiger charge is 2.09. The summed E-state index contributed by atoms with van der Waals surface area (Å²) in [5, 5.41) is 0. The summed E-state index contributed by atoms with van der Waals surface area (Å²) in [4.78, 5) is 12.1. The van der Waals surface area contributed by atoms with Crippen molar-refractivity contribution in [2.45, 2.75) is 13.8 Å². The van der Waals surface area contributed by atoms with Crippen LogP contribution < -0.4 is 4.74 Å². The van der Waals surface area contributed by atoms with Crippen LogP contribution in [0.15, 0.2) is 65.1 Å². The predicted octanol–water partition coefficient (Wildman–Crippen LogP) is 5.09. The topological polar surface area (TPSA) is 40.5 Å². The highest BCUT2D eigenvalue weighted by atomic mass is 79.9. The fourth-order valence-corrected chi connectivity index (χ4v) is 2.99. The predicted molar refractivity (Wildman–Crippen MR) is 105 cm³/mol. The molecule has 0 spiro atoms. The quantitative estimate of drug-likeness (QED) is 0.417. The van der Waals surface area contributed by atoms with Crippen molar-refractivity contribution in [1.29, 1.82) is 0 Å². The summed E-state index contributed by atoms with van der Waals surface area (Å²) in [6.07, 6.45) is 0. The Balaban J connectivity index is 1.53. The number of aromatic nitrogens is 1. The molecule has 0 fully saturated rings. The van der Waals surface area contributed by atoms with Gasteiger partial charge in [-0.2, -0.15) is 0 Å². The Labute approximate surface area is 161 Å². The van der Waals surface area contributed by atoms with Gasteiger partial charge in [0.2, 0.25) is 0 Å². The first-order chi connectivity index (χ1) is 12.5. The molecular weight excluding hydrogens is 394 g/mol. The third kappa shape index (κ3) is 4.35. The molecular formula is C21H20BrNO3. The van der Waals surface area contributed by atoms with Crippen molar-refractivity contribution in [2.75, 3.05) is 13.2 Å². The minimum absolute atomic E-state index is 0.201. The maximum absolute atomic E-state index is 12.1. The van der Waals surface area contributed by atoms with Crippen molar-refractivity contribution >= 4 is 21.9 Å². The third-order valence-electron chi connectivity index (χ3n) is 4.03. The second kappa shape index (κ2) is 8.23. The van der Waals surface area contributed by atoms with E-state index in [4.69, 9.17) is 9.47 Å². The Kier molecular flexibility index (Phi) is 5.78. The molecule has 0 saturated heterocycles. The minimum atomic E-state index is -0.350. The smallest absolute Gasteiger partial charge is 0.338 e. The Hall–Kier alpha value is -2.53. The average molecular weight is 414 g/mol.